The van der Waals surface area contributed by atoms with E-state index in [0.717, 1.165) is 0 Å². The van der Waals surface area contributed by atoms with Crippen LogP contribution in [0.5, 0.6) is 5.75 Å². The predicted molar refractivity (Wildman–Crippen MR) is 80.3 cm³/mol. The molecule has 7 heteroatoms. The van der Waals surface area contributed by atoms with Gasteiger partial charge in [-0.05, 0) is 24.3 Å². The fourth-order valence-corrected chi connectivity index (χ4v) is 2.10. The highest BCUT2D eigenvalue weighted by atomic mass is 35.5. The average Bonchev–Trinajstić information content (AvgIpc) is 2.45. The molecule has 0 spiro atoms. The highest BCUT2D eigenvalue weighted by molar-refractivity contribution is 6.31. The van der Waals surface area contributed by atoms with Crippen molar-refractivity contribution in [1.82, 2.24) is 9.97 Å². The van der Waals surface area contributed by atoms with Crippen LogP contribution in [0.1, 0.15) is 0 Å². The van der Waals surface area contributed by atoms with E-state index in [2.05, 4.69) is 15.3 Å². The number of hydrogen-bond donors (Lipinski definition) is 3. The second-order valence-corrected chi connectivity index (χ2v) is 4.81. The molecule has 3 aromatic rings. The van der Waals surface area contributed by atoms with Crippen LogP contribution in [0.15, 0.2) is 36.7 Å². The van der Waals surface area contributed by atoms with E-state index in [1.807, 2.05) is 0 Å². The van der Waals surface area contributed by atoms with Gasteiger partial charge in [0.1, 0.15) is 23.7 Å². The fraction of sp³-hybridized carbons (Fsp3) is 0. The molecule has 21 heavy (non-hydrogen) atoms. The van der Waals surface area contributed by atoms with Crippen molar-refractivity contribution in [2.24, 2.45) is 0 Å². The highest BCUT2D eigenvalue weighted by Gasteiger charge is 2.09. The number of aromatic hydroxyl groups is 1. The minimum atomic E-state index is -0.496. The maximum Gasteiger partial charge on any atom is 0.141 e. The Morgan fingerprint density at radius 3 is 2.76 bits per heavy atom. The topological polar surface area (TPSA) is 84.1 Å². The summed E-state index contributed by atoms with van der Waals surface area (Å²) < 4.78 is 13.2. The minimum absolute atomic E-state index is 0.00974. The number of benzene rings is 2. The quantitative estimate of drug-likeness (QED) is 0.499. The van der Waals surface area contributed by atoms with Crippen LogP contribution in [0.25, 0.3) is 10.9 Å². The lowest BCUT2D eigenvalue weighted by Gasteiger charge is -2.10. The third-order valence-electron chi connectivity index (χ3n) is 2.97. The van der Waals surface area contributed by atoms with E-state index < -0.39 is 5.82 Å². The smallest absolute Gasteiger partial charge is 0.141 e. The van der Waals surface area contributed by atoms with Crippen LogP contribution in [0.4, 0.5) is 21.6 Å². The van der Waals surface area contributed by atoms with E-state index in [-0.39, 0.29) is 16.5 Å². The first kappa shape index (κ1) is 13.4. The SMILES string of the molecule is Nc1cc2c(Nc3ccc(F)c(Cl)c3)ncnc2cc1O. The summed E-state index contributed by atoms with van der Waals surface area (Å²) in [5, 5.41) is 13.3. The molecule has 0 radical (unpaired) electrons. The Bertz CT molecular complexity index is 841. The van der Waals surface area contributed by atoms with Gasteiger partial charge in [0.15, 0.2) is 0 Å². The zero-order valence-corrected chi connectivity index (χ0v) is 11.4. The fourth-order valence-electron chi connectivity index (χ4n) is 1.92. The Labute approximate surface area is 124 Å². The number of nitrogens with zero attached hydrogens (tertiary/aromatic N) is 2. The summed E-state index contributed by atoms with van der Waals surface area (Å²) in [6, 6.07) is 7.27. The van der Waals surface area contributed by atoms with Crippen LogP contribution in [0.2, 0.25) is 5.02 Å². The summed E-state index contributed by atoms with van der Waals surface area (Å²) in [7, 11) is 0. The molecule has 3 rings (SSSR count). The zero-order valence-electron chi connectivity index (χ0n) is 10.6. The zero-order chi connectivity index (χ0) is 15.0. The number of nitrogens with one attached hydrogen (secondary N) is 1. The molecular weight excluding hydrogens is 295 g/mol. The van der Waals surface area contributed by atoms with E-state index in [9.17, 15) is 9.50 Å². The monoisotopic (exact) mass is 304 g/mol. The third-order valence-corrected chi connectivity index (χ3v) is 3.26. The van der Waals surface area contributed by atoms with E-state index in [1.165, 1.54) is 24.5 Å². The van der Waals surface area contributed by atoms with Crippen molar-refractivity contribution < 1.29 is 9.50 Å². The molecule has 2 aromatic carbocycles. The highest BCUT2D eigenvalue weighted by Crippen LogP contribution is 2.31. The molecule has 106 valence electrons. The number of nitrogen functional groups attached to an aromatic ring is 1. The summed E-state index contributed by atoms with van der Waals surface area (Å²) in [5.74, 6) is -0.0599. The summed E-state index contributed by atoms with van der Waals surface area (Å²) >= 11 is 5.74. The Morgan fingerprint density at radius 2 is 2.00 bits per heavy atom. The van der Waals surface area contributed by atoms with Crippen molar-refractivity contribution in [1.29, 1.82) is 0 Å². The molecular formula is C14H10ClFN4O. The van der Waals surface area contributed by atoms with Gasteiger partial charge >= 0.3 is 0 Å². The largest absolute Gasteiger partial charge is 0.506 e. The Balaban J connectivity index is 2.07. The number of nitrogens with two attached hydrogens (primary N) is 1. The molecule has 1 heterocycles. The van der Waals surface area contributed by atoms with Gasteiger partial charge in [0, 0.05) is 17.1 Å². The number of phenols is 1. The van der Waals surface area contributed by atoms with Crippen molar-refractivity contribution in [3.8, 4) is 5.75 Å². The Morgan fingerprint density at radius 1 is 1.19 bits per heavy atom. The number of phenolic OH excluding ortho intramolecular Hbond substituents is 1. The van der Waals surface area contributed by atoms with Gasteiger partial charge < -0.3 is 16.2 Å². The molecule has 0 fully saturated rings. The second-order valence-electron chi connectivity index (χ2n) is 4.40. The molecule has 1 aromatic heterocycles. The second kappa shape index (κ2) is 5.06. The van der Waals surface area contributed by atoms with Crippen molar-refractivity contribution in [3.05, 3.63) is 47.5 Å². The first-order chi connectivity index (χ1) is 10.0. The lowest BCUT2D eigenvalue weighted by atomic mass is 10.2. The van der Waals surface area contributed by atoms with Gasteiger partial charge in [-0.3, -0.25) is 0 Å². The predicted octanol–water partition coefficient (Wildman–Crippen LogP) is 3.45. The number of aromatic nitrogens is 2. The molecule has 0 atom stereocenters. The summed E-state index contributed by atoms with van der Waals surface area (Å²) in [6.07, 6.45) is 1.35. The van der Waals surface area contributed by atoms with Crippen molar-refractivity contribution in [2.45, 2.75) is 0 Å². The van der Waals surface area contributed by atoms with Crippen molar-refractivity contribution in [3.63, 3.8) is 0 Å². The maximum absolute atomic E-state index is 13.2. The first-order valence-electron chi connectivity index (χ1n) is 6.00. The van der Waals surface area contributed by atoms with E-state index >= 15 is 0 Å². The van der Waals surface area contributed by atoms with Crippen LogP contribution >= 0.6 is 11.6 Å². The molecule has 0 bridgehead atoms. The molecule has 0 aliphatic rings. The third kappa shape index (κ3) is 2.53. The van der Waals surface area contributed by atoms with E-state index in [0.29, 0.717) is 22.4 Å². The van der Waals surface area contributed by atoms with Gasteiger partial charge in [-0.25, -0.2) is 14.4 Å². The average molecular weight is 305 g/mol. The van der Waals surface area contributed by atoms with Crippen LogP contribution in [0, 0.1) is 5.82 Å². The molecule has 0 unspecified atom stereocenters. The van der Waals surface area contributed by atoms with E-state index in [4.69, 9.17) is 17.3 Å². The van der Waals surface area contributed by atoms with Gasteiger partial charge in [0.05, 0.1) is 16.2 Å². The number of hydrogen-bond acceptors (Lipinski definition) is 5. The molecule has 0 aliphatic carbocycles. The summed E-state index contributed by atoms with van der Waals surface area (Å²) in [6.45, 7) is 0. The number of halogens is 2. The Kier molecular flexibility index (Phi) is 3.23. The van der Waals surface area contributed by atoms with Crippen LogP contribution in [-0.2, 0) is 0 Å². The maximum atomic E-state index is 13.2. The van der Waals surface area contributed by atoms with Gasteiger partial charge in [0.2, 0.25) is 0 Å². The molecule has 0 amide bonds. The molecule has 0 saturated carbocycles. The Hall–Kier alpha value is -2.60. The normalized spacial score (nSPS) is 10.8. The number of anilines is 3. The van der Waals surface area contributed by atoms with Crippen molar-refractivity contribution >= 4 is 39.7 Å². The van der Waals surface area contributed by atoms with Gasteiger partial charge in [-0.15, -0.1) is 0 Å². The lowest BCUT2D eigenvalue weighted by Crippen LogP contribution is -1.97. The van der Waals surface area contributed by atoms with Crippen molar-refractivity contribution in [2.75, 3.05) is 11.1 Å². The number of fused-ring (bicyclic) bond motifs is 1. The van der Waals surface area contributed by atoms with Crippen LogP contribution < -0.4 is 11.1 Å². The van der Waals surface area contributed by atoms with Gasteiger partial charge in [0.25, 0.3) is 0 Å². The molecule has 0 aliphatic heterocycles. The molecule has 4 N–H and O–H groups in total. The minimum Gasteiger partial charge on any atom is -0.506 e. The lowest BCUT2D eigenvalue weighted by molar-refractivity contribution is 0.478. The first-order valence-corrected chi connectivity index (χ1v) is 6.37. The number of rotatable bonds is 2. The standard InChI is InChI=1S/C14H10ClFN4O/c15-9-3-7(1-2-10(9)16)20-14-8-4-11(17)13(21)5-12(8)18-6-19-14/h1-6,21H,17H2,(H,18,19,20). The van der Waals surface area contributed by atoms with Gasteiger partial charge in [-0.2, -0.15) is 0 Å². The molecule has 5 nitrogen and oxygen atoms in total. The van der Waals surface area contributed by atoms with Crippen LogP contribution in [-0.4, -0.2) is 15.1 Å². The van der Waals surface area contributed by atoms with Gasteiger partial charge in [-0.1, -0.05) is 11.6 Å². The molecule has 0 saturated heterocycles. The van der Waals surface area contributed by atoms with Crippen LogP contribution in [0.3, 0.4) is 0 Å². The van der Waals surface area contributed by atoms with E-state index in [1.54, 1.807) is 12.1 Å². The summed E-state index contributed by atoms with van der Waals surface area (Å²) in [4.78, 5) is 8.19. The summed E-state index contributed by atoms with van der Waals surface area (Å²) in [5.41, 5.74) is 7.02.